The molecular formula is C9H6BrClN2. The van der Waals surface area contributed by atoms with Gasteiger partial charge in [-0.3, -0.25) is 9.98 Å². The molecule has 0 saturated heterocycles. The Labute approximate surface area is 89.5 Å². The summed E-state index contributed by atoms with van der Waals surface area (Å²) >= 11 is 9.35. The van der Waals surface area contributed by atoms with Crippen molar-refractivity contribution in [3.63, 3.8) is 0 Å². The summed E-state index contributed by atoms with van der Waals surface area (Å²) in [5.41, 5.74) is 1.89. The quantitative estimate of drug-likeness (QED) is 0.637. The lowest BCUT2D eigenvalue weighted by Gasteiger charge is -1.98. The number of nitrogens with zero attached hydrogens (tertiary/aromatic N) is 2. The van der Waals surface area contributed by atoms with Crippen molar-refractivity contribution in [2.75, 3.05) is 0 Å². The minimum absolute atomic E-state index is 0.672. The number of allylic oxidation sites excluding steroid dienone is 4. The number of halogens is 2. The summed E-state index contributed by atoms with van der Waals surface area (Å²) in [4.78, 5) is 8.43. The normalized spacial score (nSPS) is 20.8. The van der Waals surface area contributed by atoms with Crippen molar-refractivity contribution in [2.24, 2.45) is 9.98 Å². The summed E-state index contributed by atoms with van der Waals surface area (Å²) in [7, 11) is 0. The van der Waals surface area contributed by atoms with Gasteiger partial charge < -0.3 is 0 Å². The van der Waals surface area contributed by atoms with Gasteiger partial charge in [0.1, 0.15) is 0 Å². The van der Waals surface area contributed by atoms with Crippen LogP contribution in [0.3, 0.4) is 0 Å². The third-order valence-corrected chi connectivity index (χ3v) is 2.64. The molecule has 13 heavy (non-hydrogen) atoms. The molecule has 0 N–H and O–H groups in total. The molecule has 2 bridgehead atoms. The van der Waals surface area contributed by atoms with Crippen molar-refractivity contribution < 1.29 is 0 Å². The van der Waals surface area contributed by atoms with Crippen LogP contribution in [0.15, 0.2) is 44.1 Å². The van der Waals surface area contributed by atoms with Crippen molar-refractivity contribution in [3.05, 3.63) is 34.1 Å². The van der Waals surface area contributed by atoms with Crippen LogP contribution in [-0.2, 0) is 0 Å². The topological polar surface area (TPSA) is 24.7 Å². The van der Waals surface area contributed by atoms with Gasteiger partial charge in [-0.05, 0) is 28.1 Å². The van der Waals surface area contributed by atoms with E-state index in [1.54, 1.807) is 12.4 Å². The van der Waals surface area contributed by atoms with Crippen molar-refractivity contribution in [3.8, 4) is 0 Å². The fourth-order valence-corrected chi connectivity index (χ4v) is 2.01. The van der Waals surface area contributed by atoms with E-state index in [1.807, 2.05) is 12.2 Å². The van der Waals surface area contributed by atoms with Crippen LogP contribution in [-0.4, -0.2) is 11.4 Å². The molecule has 0 unspecified atom stereocenters. The Bertz CT molecular complexity index is 388. The fourth-order valence-electron chi connectivity index (χ4n) is 1.15. The average molecular weight is 258 g/mol. The second-order valence-corrected chi connectivity index (χ2v) is 3.98. The van der Waals surface area contributed by atoms with Crippen LogP contribution in [0.2, 0.25) is 0 Å². The zero-order valence-electron chi connectivity index (χ0n) is 6.67. The second kappa shape index (κ2) is 3.60. The molecule has 4 heteroatoms. The van der Waals surface area contributed by atoms with Gasteiger partial charge in [0.05, 0.1) is 5.71 Å². The first-order valence-corrected chi connectivity index (χ1v) is 4.96. The molecule has 1 aliphatic carbocycles. The van der Waals surface area contributed by atoms with Gasteiger partial charge >= 0.3 is 0 Å². The molecule has 0 aromatic carbocycles. The SMILES string of the molecule is ClC1=CC2=NC=CN=C(C2)C(Br)=C1. The third kappa shape index (κ3) is 1.98. The van der Waals surface area contributed by atoms with Crippen molar-refractivity contribution in [1.29, 1.82) is 0 Å². The molecule has 0 aromatic rings. The number of hydrogen-bond donors (Lipinski definition) is 0. The largest absolute Gasteiger partial charge is 0.259 e. The number of fused-ring (bicyclic) bond motifs is 2. The second-order valence-electron chi connectivity index (χ2n) is 2.69. The maximum atomic E-state index is 5.93. The Balaban J connectivity index is 2.53. The third-order valence-electron chi connectivity index (χ3n) is 1.73. The van der Waals surface area contributed by atoms with Crippen molar-refractivity contribution >= 4 is 39.0 Å². The van der Waals surface area contributed by atoms with Crippen LogP contribution in [0, 0.1) is 0 Å². The number of rotatable bonds is 0. The molecule has 0 spiro atoms. The Hall–Kier alpha value is -0.670. The molecule has 0 saturated carbocycles. The van der Waals surface area contributed by atoms with Crippen LogP contribution in [0.1, 0.15) is 6.42 Å². The van der Waals surface area contributed by atoms with Gasteiger partial charge in [-0.15, -0.1) is 0 Å². The average Bonchev–Trinajstić information content (AvgIpc) is 2.35. The first-order valence-electron chi connectivity index (χ1n) is 3.79. The standard InChI is InChI=1S/C9H6BrClN2/c10-8-4-6(11)3-7-5-9(8)13-2-1-12-7/h1-4H,5H2. The van der Waals surface area contributed by atoms with Gasteiger partial charge in [0, 0.05) is 34.0 Å². The van der Waals surface area contributed by atoms with E-state index in [4.69, 9.17) is 11.6 Å². The Morgan fingerprint density at radius 3 is 2.85 bits per heavy atom. The molecular weight excluding hydrogens is 251 g/mol. The van der Waals surface area contributed by atoms with E-state index in [2.05, 4.69) is 25.9 Å². The number of hydrogen-bond acceptors (Lipinski definition) is 2. The van der Waals surface area contributed by atoms with E-state index >= 15 is 0 Å². The van der Waals surface area contributed by atoms with Crippen LogP contribution >= 0.6 is 27.5 Å². The van der Waals surface area contributed by atoms with Gasteiger partial charge in [0.15, 0.2) is 0 Å². The lowest BCUT2D eigenvalue weighted by molar-refractivity contribution is 1.49. The van der Waals surface area contributed by atoms with Crippen molar-refractivity contribution in [2.45, 2.75) is 6.42 Å². The van der Waals surface area contributed by atoms with E-state index in [9.17, 15) is 0 Å². The van der Waals surface area contributed by atoms with E-state index in [0.29, 0.717) is 5.03 Å². The lowest BCUT2D eigenvalue weighted by atomic mass is 10.2. The molecule has 66 valence electrons. The molecule has 0 fully saturated rings. The number of aliphatic imine (C=N–C) groups is 2. The zero-order valence-corrected chi connectivity index (χ0v) is 9.01. The lowest BCUT2D eigenvalue weighted by Crippen LogP contribution is -2.02. The smallest absolute Gasteiger partial charge is 0.0606 e. The van der Waals surface area contributed by atoms with Gasteiger partial charge in [-0.2, -0.15) is 0 Å². The summed E-state index contributed by atoms with van der Waals surface area (Å²) in [5, 5.41) is 0.672. The van der Waals surface area contributed by atoms with E-state index in [-0.39, 0.29) is 0 Å². The summed E-state index contributed by atoms with van der Waals surface area (Å²) in [6.45, 7) is 0. The Morgan fingerprint density at radius 2 is 2.00 bits per heavy atom. The van der Waals surface area contributed by atoms with Gasteiger partial charge in [-0.1, -0.05) is 11.6 Å². The predicted molar refractivity (Wildman–Crippen MR) is 59.6 cm³/mol. The Morgan fingerprint density at radius 1 is 1.23 bits per heavy atom. The van der Waals surface area contributed by atoms with Gasteiger partial charge in [0.25, 0.3) is 0 Å². The first-order chi connectivity index (χ1) is 6.25. The van der Waals surface area contributed by atoms with Crippen LogP contribution in [0.25, 0.3) is 0 Å². The molecule has 0 amide bonds. The maximum absolute atomic E-state index is 5.93. The van der Waals surface area contributed by atoms with Crippen LogP contribution < -0.4 is 0 Å². The monoisotopic (exact) mass is 256 g/mol. The predicted octanol–water partition coefficient (Wildman–Crippen LogP) is 3.16. The van der Waals surface area contributed by atoms with E-state index in [0.717, 1.165) is 22.3 Å². The highest BCUT2D eigenvalue weighted by atomic mass is 79.9. The summed E-state index contributed by atoms with van der Waals surface area (Å²) in [6, 6.07) is 0. The van der Waals surface area contributed by atoms with Crippen molar-refractivity contribution in [1.82, 2.24) is 0 Å². The van der Waals surface area contributed by atoms with Gasteiger partial charge in [-0.25, -0.2) is 0 Å². The molecule has 1 heterocycles. The van der Waals surface area contributed by atoms with Crippen LogP contribution in [0.5, 0.6) is 0 Å². The van der Waals surface area contributed by atoms with E-state index in [1.165, 1.54) is 0 Å². The summed E-state index contributed by atoms with van der Waals surface area (Å²) in [6.07, 6.45) is 7.77. The molecule has 0 radical (unpaired) electrons. The van der Waals surface area contributed by atoms with Gasteiger partial charge in [0.2, 0.25) is 0 Å². The maximum Gasteiger partial charge on any atom is 0.0606 e. The van der Waals surface area contributed by atoms with Crippen LogP contribution in [0.4, 0.5) is 0 Å². The first kappa shape index (κ1) is 8.91. The summed E-state index contributed by atoms with van der Waals surface area (Å²) in [5.74, 6) is 0. The molecule has 1 aliphatic heterocycles. The minimum Gasteiger partial charge on any atom is -0.259 e. The highest BCUT2D eigenvalue weighted by Gasteiger charge is 2.12. The molecule has 0 atom stereocenters. The molecule has 2 nitrogen and oxygen atoms in total. The fraction of sp³-hybridized carbons (Fsp3) is 0.111. The Kier molecular flexibility index (Phi) is 2.47. The minimum atomic E-state index is 0.672. The molecule has 2 aliphatic rings. The highest BCUT2D eigenvalue weighted by molar-refractivity contribution is 9.12. The molecule has 2 rings (SSSR count). The molecule has 0 aromatic heterocycles. The van der Waals surface area contributed by atoms with E-state index < -0.39 is 0 Å². The zero-order chi connectivity index (χ0) is 9.26. The highest BCUT2D eigenvalue weighted by Crippen LogP contribution is 2.22. The summed E-state index contributed by atoms with van der Waals surface area (Å²) < 4.78 is 0.922.